The molecule has 0 radical (unpaired) electrons. The number of benzene rings is 4. The first kappa shape index (κ1) is 18.7. The first-order valence-corrected chi connectivity index (χ1v) is 12.6. The van der Waals surface area contributed by atoms with Crippen LogP contribution in [0.3, 0.4) is 0 Å². The van der Waals surface area contributed by atoms with Crippen LogP contribution in [-0.4, -0.2) is 0 Å². The monoisotopic (exact) mass is 382 g/mol. The second-order valence-electron chi connectivity index (χ2n) is 7.63. The molecule has 0 heterocycles. The van der Waals surface area contributed by atoms with E-state index in [0.29, 0.717) is 0 Å². The summed E-state index contributed by atoms with van der Waals surface area (Å²) in [6.07, 6.45) is 3.46. The van der Waals surface area contributed by atoms with Crippen LogP contribution < -0.4 is 5.30 Å². The van der Waals surface area contributed by atoms with Crippen LogP contribution in [-0.2, 0) is 18.5 Å². The Morgan fingerprint density at radius 1 is 0.357 bits per heavy atom. The number of hydrogen-bond donors (Lipinski definition) is 0. The summed E-state index contributed by atoms with van der Waals surface area (Å²) in [7, 11) is -1.89. The Hall–Kier alpha value is -2.69. The van der Waals surface area contributed by atoms with Gasteiger partial charge in [-0.3, -0.25) is 0 Å². The number of rotatable bonds is 7. The van der Waals surface area contributed by atoms with E-state index in [2.05, 4.69) is 121 Å². The van der Waals surface area contributed by atoms with Crippen molar-refractivity contribution in [3.8, 4) is 0 Å². The first-order chi connectivity index (χ1) is 13.8. The molecule has 4 rings (SSSR count). The quantitative estimate of drug-likeness (QED) is 0.313. The van der Waals surface area contributed by atoms with Crippen LogP contribution in [0.4, 0.5) is 0 Å². The van der Waals surface area contributed by atoms with E-state index in [4.69, 9.17) is 0 Å². The maximum atomic E-state index is 2.36. The summed E-state index contributed by atoms with van der Waals surface area (Å²) in [5.41, 5.74) is 4.35. The molecular formula is C27H27P. The van der Waals surface area contributed by atoms with Crippen LogP contribution in [0.2, 0.25) is 0 Å². The molecule has 28 heavy (non-hydrogen) atoms. The molecular weight excluding hydrogens is 355 g/mol. The molecule has 140 valence electrons. The molecule has 0 nitrogen and oxygen atoms in total. The molecule has 0 fully saturated rings. The van der Waals surface area contributed by atoms with Crippen molar-refractivity contribution in [1.82, 2.24) is 0 Å². The van der Waals surface area contributed by atoms with Crippen LogP contribution >= 0.6 is 7.26 Å². The fourth-order valence-electron chi connectivity index (χ4n) is 4.25. The second kappa shape index (κ2) is 9.00. The third-order valence-corrected chi connectivity index (χ3v) is 10.4. The van der Waals surface area contributed by atoms with Gasteiger partial charge in [0.1, 0.15) is 0 Å². The molecule has 4 aromatic rings. The Bertz CT molecular complexity index is 862. The van der Waals surface area contributed by atoms with Crippen molar-refractivity contribution in [2.45, 2.75) is 18.5 Å². The van der Waals surface area contributed by atoms with E-state index in [0.717, 1.165) is 18.5 Å². The summed E-state index contributed by atoms with van der Waals surface area (Å²) in [5, 5.41) is 1.55. The van der Waals surface area contributed by atoms with Gasteiger partial charge in [-0.15, -0.1) is 0 Å². The van der Waals surface area contributed by atoms with E-state index < -0.39 is 7.26 Å². The third-order valence-electron chi connectivity index (χ3n) is 5.54. The molecule has 0 bridgehead atoms. The molecule has 0 spiro atoms. The van der Waals surface area contributed by atoms with E-state index in [1.54, 1.807) is 5.30 Å². The van der Waals surface area contributed by atoms with Crippen molar-refractivity contribution in [1.29, 1.82) is 0 Å². The van der Waals surface area contributed by atoms with Crippen molar-refractivity contribution < 1.29 is 0 Å². The molecule has 0 aliphatic carbocycles. The van der Waals surface area contributed by atoms with Crippen LogP contribution in [0.15, 0.2) is 121 Å². The van der Waals surface area contributed by atoms with Crippen molar-refractivity contribution >= 4 is 12.6 Å². The molecule has 0 aliphatic rings. The van der Waals surface area contributed by atoms with E-state index >= 15 is 0 Å². The van der Waals surface area contributed by atoms with E-state index in [1.807, 2.05) is 0 Å². The SMILES string of the molecule is c1ccc(C[PH](Cc2ccccc2)(Cc2ccccc2)c2ccccc2)cc1. The van der Waals surface area contributed by atoms with E-state index in [9.17, 15) is 0 Å². The molecule has 0 saturated heterocycles. The Morgan fingerprint density at radius 2 is 0.643 bits per heavy atom. The summed E-state index contributed by atoms with van der Waals surface area (Å²) in [6, 6.07) is 44.4. The van der Waals surface area contributed by atoms with Gasteiger partial charge < -0.3 is 0 Å². The Morgan fingerprint density at radius 3 is 0.964 bits per heavy atom. The van der Waals surface area contributed by atoms with E-state index in [1.165, 1.54) is 16.7 Å². The Labute approximate surface area is 169 Å². The van der Waals surface area contributed by atoms with Gasteiger partial charge in [0.25, 0.3) is 0 Å². The van der Waals surface area contributed by atoms with Gasteiger partial charge in [0.2, 0.25) is 0 Å². The molecule has 1 heteroatoms. The zero-order chi connectivity index (χ0) is 19.1. The van der Waals surface area contributed by atoms with E-state index in [-0.39, 0.29) is 0 Å². The first-order valence-electron chi connectivity index (χ1n) is 10.0. The standard InChI is InChI=1S/C27H27P/c1-5-13-24(14-6-1)21-28(27-19-11-4-12-20-27,22-25-15-7-2-8-16-25)23-26-17-9-3-10-18-26/h1-20,28H,21-23H2. The topological polar surface area (TPSA) is 0 Å². The van der Waals surface area contributed by atoms with Gasteiger partial charge in [-0.1, -0.05) is 0 Å². The summed E-state index contributed by atoms with van der Waals surface area (Å²) in [5.74, 6) is 0. The maximum absolute atomic E-state index is 2.36. The van der Waals surface area contributed by atoms with Gasteiger partial charge in [-0.05, 0) is 0 Å². The van der Waals surface area contributed by atoms with Crippen LogP contribution in [0, 0.1) is 0 Å². The molecule has 0 aromatic heterocycles. The normalized spacial score (nSPS) is 11.9. The molecule has 0 amide bonds. The van der Waals surface area contributed by atoms with Crippen molar-refractivity contribution in [2.24, 2.45) is 0 Å². The summed E-state index contributed by atoms with van der Waals surface area (Å²) < 4.78 is 0. The molecule has 4 aromatic carbocycles. The van der Waals surface area contributed by atoms with Gasteiger partial charge in [0, 0.05) is 0 Å². The van der Waals surface area contributed by atoms with Gasteiger partial charge in [0.15, 0.2) is 0 Å². The zero-order valence-corrected chi connectivity index (χ0v) is 17.2. The third kappa shape index (κ3) is 4.58. The molecule has 0 N–H and O–H groups in total. The average Bonchev–Trinajstić information content (AvgIpc) is 2.76. The molecule has 0 atom stereocenters. The molecule has 0 unspecified atom stereocenters. The minimum atomic E-state index is -1.89. The van der Waals surface area contributed by atoms with Gasteiger partial charge in [0.05, 0.1) is 0 Å². The zero-order valence-electron chi connectivity index (χ0n) is 16.2. The minimum absolute atomic E-state index is 1.15. The van der Waals surface area contributed by atoms with Crippen molar-refractivity contribution in [3.63, 3.8) is 0 Å². The predicted octanol–water partition coefficient (Wildman–Crippen LogP) is 6.66. The van der Waals surface area contributed by atoms with Crippen molar-refractivity contribution in [3.05, 3.63) is 138 Å². The molecule has 0 saturated carbocycles. The van der Waals surface area contributed by atoms with Crippen LogP contribution in [0.25, 0.3) is 0 Å². The van der Waals surface area contributed by atoms with Crippen molar-refractivity contribution in [2.75, 3.05) is 0 Å². The number of hydrogen-bond acceptors (Lipinski definition) is 0. The second-order valence-corrected chi connectivity index (χ2v) is 11.8. The summed E-state index contributed by atoms with van der Waals surface area (Å²) in [4.78, 5) is 0. The van der Waals surface area contributed by atoms with Crippen LogP contribution in [0.5, 0.6) is 0 Å². The summed E-state index contributed by atoms with van der Waals surface area (Å²) >= 11 is 0. The summed E-state index contributed by atoms with van der Waals surface area (Å²) in [6.45, 7) is 0. The fourth-order valence-corrected chi connectivity index (χ4v) is 9.18. The van der Waals surface area contributed by atoms with Gasteiger partial charge in [-0.25, -0.2) is 0 Å². The van der Waals surface area contributed by atoms with Gasteiger partial charge in [-0.2, -0.15) is 0 Å². The fraction of sp³-hybridized carbons (Fsp3) is 0.111. The Balaban J connectivity index is 1.82. The van der Waals surface area contributed by atoms with Crippen LogP contribution in [0.1, 0.15) is 16.7 Å². The van der Waals surface area contributed by atoms with Gasteiger partial charge >= 0.3 is 169 Å². The average molecular weight is 382 g/mol. The molecule has 0 aliphatic heterocycles. The predicted molar refractivity (Wildman–Crippen MR) is 125 cm³/mol. The Kier molecular flexibility index (Phi) is 6.00.